The normalized spacial score (nSPS) is 13.8. The van der Waals surface area contributed by atoms with Crippen molar-refractivity contribution < 1.29 is 4.74 Å². The fourth-order valence-corrected chi connectivity index (χ4v) is 2.90. The van der Waals surface area contributed by atoms with Crippen LogP contribution >= 0.6 is 35.6 Å². The van der Waals surface area contributed by atoms with E-state index >= 15 is 0 Å². The highest BCUT2D eigenvalue weighted by molar-refractivity contribution is 14.0. The predicted molar refractivity (Wildman–Crippen MR) is 108 cm³/mol. The van der Waals surface area contributed by atoms with E-state index in [0.717, 1.165) is 30.2 Å². The van der Waals surface area contributed by atoms with Crippen molar-refractivity contribution in [3.05, 3.63) is 40.9 Å². The summed E-state index contributed by atoms with van der Waals surface area (Å²) >= 11 is 6.09. The quantitative estimate of drug-likeness (QED) is 0.415. The molecule has 1 aromatic carbocycles. The number of ether oxygens (including phenoxy) is 1. The summed E-state index contributed by atoms with van der Waals surface area (Å²) in [6.45, 7) is 1.51. The van der Waals surface area contributed by atoms with Gasteiger partial charge in [-0.05, 0) is 31.0 Å². The monoisotopic (exact) mass is 461 g/mol. The minimum absolute atomic E-state index is 0. The van der Waals surface area contributed by atoms with Crippen LogP contribution in [0, 0.1) is 0 Å². The number of aryl methyl sites for hydroxylation is 2. The van der Waals surface area contributed by atoms with Gasteiger partial charge in [-0.3, -0.25) is 0 Å². The lowest BCUT2D eigenvalue weighted by Gasteiger charge is -2.11. The lowest BCUT2D eigenvalue weighted by Crippen LogP contribution is -2.22. The van der Waals surface area contributed by atoms with Gasteiger partial charge >= 0.3 is 0 Å². The standard InChI is InChI=1S/C16H20ClN5O.HI/c1-23-14-6-5-11(8-13(14)17)21-16(18)19-9-12-10-22-7-3-2-4-15(22)20-12;/h5-6,8,10H,2-4,7,9H2,1H3,(H3,18,19,21);1H. The molecule has 0 radical (unpaired) electrons. The van der Waals surface area contributed by atoms with Crippen LogP contribution in [0.4, 0.5) is 5.69 Å². The van der Waals surface area contributed by atoms with Gasteiger partial charge in [0.05, 0.1) is 24.4 Å². The van der Waals surface area contributed by atoms with E-state index in [2.05, 4.69) is 26.1 Å². The average molecular weight is 462 g/mol. The van der Waals surface area contributed by atoms with Gasteiger partial charge in [0, 0.05) is 24.8 Å². The van der Waals surface area contributed by atoms with Crippen LogP contribution in [0.5, 0.6) is 5.75 Å². The van der Waals surface area contributed by atoms with Gasteiger partial charge in [0.25, 0.3) is 0 Å². The van der Waals surface area contributed by atoms with E-state index in [-0.39, 0.29) is 24.0 Å². The second kappa shape index (κ2) is 8.57. The molecule has 0 spiro atoms. The molecule has 1 aromatic heterocycles. The van der Waals surface area contributed by atoms with Crippen molar-refractivity contribution in [1.29, 1.82) is 0 Å². The number of rotatable bonds is 4. The van der Waals surface area contributed by atoms with E-state index in [4.69, 9.17) is 22.1 Å². The summed E-state index contributed by atoms with van der Waals surface area (Å²) in [6.07, 6.45) is 5.53. The number of anilines is 1. The van der Waals surface area contributed by atoms with Crippen molar-refractivity contribution >= 4 is 47.2 Å². The molecule has 0 atom stereocenters. The Balaban J connectivity index is 0.00000208. The lowest BCUT2D eigenvalue weighted by molar-refractivity contribution is 0.415. The Labute approximate surface area is 163 Å². The number of guanidine groups is 1. The summed E-state index contributed by atoms with van der Waals surface area (Å²) in [5, 5.41) is 3.54. The maximum atomic E-state index is 6.09. The molecule has 24 heavy (non-hydrogen) atoms. The van der Waals surface area contributed by atoms with Crippen molar-refractivity contribution in [1.82, 2.24) is 9.55 Å². The number of halogens is 2. The predicted octanol–water partition coefficient (Wildman–Crippen LogP) is 3.43. The van der Waals surface area contributed by atoms with Gasteiger partial charge in [-0.15, -0.1) is 24.0 Å². The van der Waals surface area contributed by atoms with Crippen molar-refractivity contribution in [2.75, 3.05) is 12.4 Å². The number of methoxy groups -OCH3 is 1. The van der Waals surface area contributed by atoms with Crippen molar-refractivity contribution in [3.8, 4) is 5.75 Å². The molecular formula is C16H21ClIN5O. The van der Waals surface area contributed by atoms with Crippen molar-refractivity contribution in [2.45, 2.75) is 32.4 Å². The summed E-state index contributed by atoms with van der Waals surface area (Å²) in [4.78, 5) is 8.94. The van der Waals surface area contributed by atoms with E-state index in [0.29, 0.717) is 23.3 Å². The minimum Gasteiger partial charge on any atom is -0.495 e. The number of nitrogens with zero attached hydrogens (tertiary/aromatic N) is 3. The van der Waals surface area contributed by atoms with Gasteiger partial charge in [0.2, 0.25) is 0 Å². The number of hydrogen-bond donors (Lipinski definition) is 2. The Bertz CT molecular complexity index is 708. The highest BCUT2D eigenvalue weighted by Crippen LogP contribution is 2.27. The van der Waals surface area contributed by atoms with Crippen LogP contribution < -0.4 is 15.8 Å². The number of aromatic nitrogens is 2. The van der Waals surface area contributed by atoms with E-state index < -0.39 is 0 Å². The number of imidazole rings is 1. The molecule has 0 amide bonds. The number of fused-ring (bicyclic) bond motifs is 1. The molecule has 0 unspecified atom stereocenters. The molecule has 0 aliphatic carbocycles. The summed E-state index contributed by atoms with van der Waals surface area (Å²) in [6, 6.07) is 5.36. The molecule has 1 aliphatic heterocycles. The Hall–Kier alpha value is -1.48. The van der Waals surface area contributed by atoms with Crippen LogP contribution in [-0.4, -0.2) is 22.6 Å². The van der Waals surface area contributed by atoms with Gasteiger partial charge in [0.1, 0.15) is 11.6 Å². The molecule has 3 rings (SSSR count). The second-order valence-electron chi connectivity index (χ2n) is 5.47. The van der Waals surface area contributed by atoms with E-state index in [1.807, 2.05) is 6.07 Å². The minimum atomic E-state index is 0. The Morgan fingerprint density at radius 2 is 2.29 bits per heavy atom. The molecule has 8 heteroatoms. The summed E-state index contributed by atoms with van der Waals surface area (Å²) in [5.74, 6) is 2.10. The molecule has 2 aromatic rings. The number of benzene rings is 1. The number of aliphatic imine (C=N–C) groups is 1. The summed E-state index contributed by atoms with van der Waals surface area (Å²) in [5.41, 5.74) is 7.64. The number of nitrogens with one attached hydrogen (secondary N) is 1. The first-order chi connectivity index (χ1) is 11.2. The Morgan fingerprint density at radius 3 is 3.00 bits per heavy atom. The zero-order chi connectivity index (χ0) is 16.2. The van der Waals surface area contributed by atoms with Crippen LogP contribution in [0.25, 0.3) is 0 Å². The molecule has 130 valence electrons. The number of hydrogen-bond acceptors (Lipinski definition) is 3. The number of nitrogens with two attached hydrogens (primary N) is 1. The smallest absolute Gasteiger partial charge is 0.193 e. The highest BCUT2D eigenvalue weighted by Gasteiger charge is 2.11. The molecule has 1 aliphatic rings. The van der Waals surface area contributed by atoms with Gasteiger partial charge in [-0.2, -0.15) is 0 Å². The fourth-order valence-electron chi connectivity index (χ4n) is 2.65. The van der Waals surface area contributed by atoms with Gasteiger partial charge in [0.15, 0.2) is 5.96 Å². The highest BCUT2D eigenvalue weighted by atomic mass is 127. The Kier molecular flexibility index (Phi) is 6.73. The molecular weight excluding hydrogens is 441 g/mol. The Morgan fingerprint density at radius 1 is 1.46 bits per heavy atom. The van der Waals surface area contributed by atoms with Gasteiger partial charge in [-0.1, -0.05) is 11.6 Å². The third-order valence-electron chi connectivity index (χ3n) is 3.79. The molecule has 0 bridgehead atoms. The van der Waals surface area contributed by atoms with Crippen LogP contribution in [0.1, 0.15) is 24.4 Å². The summed E-state index contributed by atoms with van der Waals surface area (Å²) in [7, 11) is 1.58. The van der Waals surface area contributed by atoms with E-state index in [1.165, 1.54) is 12.8 Å². The zero-order valence-electron chi connectivity index (χ0n) is 13.5. The molecule has 6 nitrogen and oxygen atoms in total. The van der Waals surface area contributed by atoms with Crippen molar-refractivity contribution in [2.24, 2.45) is 10.7 Å². The van der Waals surface area contributed by atoms with Gasteiger partial charge < -0.3 is 20.4 Å². The molecule has 0 saturated heterocycles. The average Bonchev–Trinajstić information content (AvgIpc) is 2.96. The fraction of sp³-hybridized carbons (Fsp3) is 0.375. The topological polar surface area (TPSA) is 77.5 Å². The van der Waals surface area contributed by atoms with Crippen LogP contribution in [-0.2, 0) is 19.5 Å². The first kappa shape index (κ1) is 18.9. The molecule has 0 saturated carbocycles. The third-order valence-corrected chi connectivity index (χ3v) is 4.09. The largest absolute Gasteiger partial charge is 0.495 e. The maximum absolute atomic E-state index is 6.09. The third kappa shape index (κ3) is 4.54. The van der Waals surface area contributed by atoms with Crippen LogP contribution in [0.3, 0.4) is 0 Å². The first-order valence-electron chi connectivity index (χ1n) is 7.61. The maximum Gasteiger partial charge on any atom is 0.193 e. The molecule has 3 N–H and O–H groups in total. The van der Waals surface area contributed by atoms with E-state index in [9.17, 15) is 0 Å². The lowest BCUT2D eigenvalue weighted by atomic mass is 10.2. The summed E-state index contributed by atoms with van der Waals surface area (Å²) < 4.78 is 7.33. The second-order valence-corrected chi connectivity index (χ2v) is 5.88. The van der Waals surface area contributed by atoms with Gasteiger partial charge in [-0.25, -0.2) is 9.98 Å². The first-order valence-corrected chi connectivity index (χ1v) is 7.99. The van der Waals surface area contributed by atoms with Crippen molar-refractivity contribution in [3.63, 3.8) is 0 Å². The van der Waals surface area contributed by atoms with E-state index in [1.54, 1.807) is 19.2 Å². The molecule has 0 fully saturated rings. The SMILES string of the molecule is COc1ccc(NC(N)=NCc2cn3c(n2)CCCC3)cc1Cl.I. The molecule has 2 heterocycles. The van der Waals surface area contributed by atoms with Crippen LogP contribution in [0.2, 0.25) is 5.02 Å². The zero-order valence-corrected chi connectivity index (χ0v) is 16.5. The van der Waals surface area contributed by atoms with Crippen LogP contribution in [0.15, 0.2) is 29.4 Å².